The van der Waals surface area contributed by atoms with Crippen LogP contribution in [0.5, 0.6) is 0 Å². The van der Waals surface area contributed by atoms with Crippen LogP contribution in [0, 0.1) is 23.0 Å². The van der Waals surface area contributed by atoms with Crippen molar-refractivity contribution in [2.45, 2.75) is 33.2 Å². The fourth-order valence-electron chi connectivity index (χ4n) is 2.80. The molecule has 0 saturated carbocycles. The number of hydrazine groups is 1. The highest BCUT2D eigenvalue weighted by Gasteiger charge is 2.24. The van der Waals surface area contributed by atoms with Gasteiger partial charge in [-0.15, -0.1) is 0 Å². The monoisotopic (exact) mass is 412 g/mol. The number of nitrogens with one attached hydrogen (secondary N) is 3. The first-order valence-electron chi connectivity index (χ1n) is 9.40. The SMILES string of the molecule is Cc1ccccc1C(=O)N[C@@H](CC(C)C)C(=O)NNC(=O)c1cccc([N+](=O)[O-])c1. The Morgan fingerprint density at radius 1 is 1.00 bits per heavy atom. The van der Waals surface area contributed by atoms with Crippen molar-refractivity contribution >= 4 is 23.4 Å². The van der Waals surface area contributed by atoms with Gasteiger partial charge in [0.15, 0.2) is 0 Å². The van der Waals surface area contributed by atoms with E-state index in [1.54, 1.807) is 25.1 Å². The normalized spacial score (nSPS) is 11.5. The second-order valence-corrected chi connectivity index (χ2v) is 7.22. The largest absolute Gasteiger partial charge is 0.340 e. The lowest BCUT2D eigenvalue weighted by Gasteiger charge is -2.21. The molecule has 2 aromatic carbocycles. The summed E-state index contributed by atoms with van der Waals surface area (Å²) in [6.45, 7) is 5.61. The van der Waals surface area contributed by atoms with Crippen molar-refractivity contribution in [2.75, 3.05) is 0 Å². The van der Waals surface area contributed by atoms with Gasteiger partial charge in [-0.05, 0) is 37.0 Å². The molecule has 30 heavy (non-hydrogen) atoms. The van der Waals surface area contributed by atoms with Crippen molar-refractivity contribution in [3.8, 4) is 0 Å². The Hall–Kier alpha value is -3.75. The Balaban J connectivity index is 2.05. The third-order valence-corrected chi connectivity index (χ3v) is 4.34. The standard InChI is InChI=1S/C21H24N4O5/c1-13(2)11-18(22-20(27)17-10-5-4-7-14(17)3)21(28)24-23-19(26)15-8-6-9-16(12-15)25(29)30/h4-10,12-13,18H,11H2,1-3H3,(H,22,27)(H,23,26)(H,24,28)/t18-/m0/s1. The Kier molecular flexibility index (Phi) is 7.62. The van der Waals surface area contributed by atoms with Crippen molar-refractivity contribution in [2.24, 2.45) is 5.92 Å². The summed E-state index contributed by atoms with van der Waals surface area (Å²) in [6.07, 6.45) is 0.357. The Morgan fingerprint density at radius 2 is 1.70 bits per heavy atom. The Bertz CT molecular complexity index is 958. The van der Waals surface area contributed by atoms with Crippen molar-refractivity contribution in [1.29, 1.82) is 0 Å². The van der Waals surface area contributed by atoms with Crippen LogP contribution < -0.4 is 16.2 Å². The molecule has 0 saturated heterocycles. The van der Waals surface area contributed by atoms with Gasteiger partial charge in [0.1, 0.15) is 6.04 Å². The van der Waals surface area contributed by atoms with Gasteiger partial charge in [0.05, 0.1) is 4.92 Å². The first-order chi connectivity index (χ1) is 14.2. The number of nitro groups is 1. The predicted octanol–water partition coefficient (Wildman–Crippen LogP) is 2.51. The molecular formula is C21H24N4O5. The lowest BCUT2D eigenvalue weighted by atomic mass is 10.0. The highest BCUT2D eigenvalue weighted by atomic mass is 16.6. The van der Waals surface area contributed by atoms with Crippen molar-refractivity contribution in [3.05, 3.63) is 75.3 Å². The molecule has 2 aromatic rings. The summed E-state index contributed by atoms with van der Waals surface area (Å²) in [5, 5.41) is 13.5. The first kappa shape index (κ1) is 22.5. The number of carbonyl (C=O) groups excluding carboxylic acids is 3. The summed E-state index contributed by atoms with van der Waals surface area (Å²) in [5.41, 5.74) is 5.53. The molecule has 3 N–H and O–H groups in total. The zero-order valence-electron chi connectivity index (χ0n) is 17.0. The Morgan fingerprint density at radius 3 is 2.33 bits per heavy atom. The molecule has 1 atom stereocenters. The van der Waals surface area contributed by atoms with Gasteiger partial charge in [-0.25, -0.2) is 0 Å². The van der Waals surface area contributed by atoms with E-state index in [1.807, 2.05) is 19.9 Å². The minimum Gasteiger partial charge on any atom is -0.340 e. The first-order valence-corrected chi connectivity index (χ1v) is 9.40. The van der Waals surface area contributed by atoms with Crippen LogP contribution in [-0.2, 0) is 4.79 Å². The van der Waals surface area contributed by atoms with E-state index in [4.69, 9.17) is 0 Å². The number of nitrogens with zero attached hydrogens (tertiary/aromatic N) is 1. The molecule has 0 spiro atoms. The van der Waals surface area contributed by atoms with E-state index in [-0.39, 0.29) is 23.1 Å². The van der Waals surface area contributed by atoms with Crippen molar-refractivity contribution < 1.29 is 19.3 Å². The molecule has 9 heteroatoms. The van der Waals surface area contributed by atoms with Crippen molar-refractivity contribution in [1.82, 2.24) is 16.2 Å². The second-order valence-electron chi connectivity index (χ2n) is 7.22. The topological polar surface area (TPSA) is 130 Å². The molecular weight excluding hydrogens is 388 g/mol. The maximum absolute atomic E-state index is 12.6. The molecule has 0 aromatic heterocycles. The third kappa shape index (κ3) is 6.13. The maximum atomic E-state index is 12.6. The molecule has 2 rings (SSSR count). The number of hydrogen-bond acceptors (Lipinski definition) is 5. The molecule has 0 fully saturated rings. The molecule has 0 heterocycles. The van der Waals surface area contributed by atoms with Gasteiger partial charge in [-0.2, -0.15) is 0 Å². The average molecular weight is 412 g/mol. The number of nitro benzene ring substituents is 1. The number of amides is 3. The average Bonchev–Trinajstić information content (AvgIpc) is 2.71. The minimum atomic E-state index is -0.873. The summed E-state index contributed by atoms with van der Waals surface area (Å²) in [5.74, 6) is -1.59. The van der Waals surface area contributed by atoms with E-state index in [0.29, 0.717) is 12.0 Å². The summed E-state index contributed by atoms with van der Waals surface area (Å²) in [7, 11) is 0. The Labute approximate surface area is 174 Å². The molecule has 0 aliphatic rings. The summed E-state index contributed by atoms with van der Waals surface area (Å²) in [6, 6.07) is 11.3. The van der Waals surface area contributed by atoms with E-state index >= 15 is 0 Å². The van der Waals surface area contributed by atoms with Gasteiger partial charge in [-0.1, -0.05) is 38.1 Å². The van der Waals surface area contributed by atoms with Crippen LogP contribution in [0.1, 0.15) is 46.5 Å². The molecule has 0 radical (unpaired) electrons. The van der Waals surface area contributed by atoms with Crippen LogP contribution >= 0.6 is 0 Å². The summed E-state index contributed by atoms with van der Waals surface area (Å²) >= 11 is 0. The van der Waals surface area contributed by atoms with Gasteiger partial charge in [0.2, 0.25) is 0 Å². The van der Waals surface area contributed by atoms with Crippen LogP contribution in [-0.4, -0.2) is 28.7 Å². The number of rotatable bonds is 7. The molecule has 0 aliphatic heterocycles. The maximum Gasteiger partial charge on any atom is 0.270 e. The molecule has 9 nitrogen and oxygen atoms in total. The van der Waals surface area contributed by atoms with Gasteiger partial charge < -0.3 is 5.32 Å². The highest BCUT2D eigenvalue weighted by Crippen LogP contribution is 2.13. The lowest BCUT2D eigenvalue weighted by Crippen LogP contribution is -2.52. The zero-order chi connectivity index (χ0) is 22.3. The minimum absolute atomic E-state index is 0.0221. The quantitative estimate of drug-likeness (QED) is 0.475. The number of hydrogen-bond donors (Lipinski definition) is 3. The summed E-state index contributed by atoms with van der Waals surface area (Å²) in [4.78, 5) is 47.6. The number of aryl methyl sites for hydroxylation is 1. The number of non-ortho nitro benzene ring substituents is 1. The van der Waals surface area contributed by atoms with Crippen LogP contribution in [0.25, 0.3) is 0 Å². The predicted molar refractivity (Wildman–Crippen MR) is 111 cm³/mol. The van der Waals surface area contributed by atoms with E-state index in [9.17, 15) is 24.5 Å². The van der Waals surface area contributed by atoms with Crippen LogP contribution in [0.4, 0.5) is 5.69 Å². The van der Waals surface area contributed by atoms with Gasteiger partial charge in [0.25, 0.3) is 23.4 Å². The number of benzene rings is 2. The molecule has 0 unspecified atom stereocenters. The molecule has 3 amide bonds. The van der Waals surface area contributed by atoms with E-state index in [1.165, 1.54) is 18.2 Å². The van der Waals surface area contributed by atoms with E-state index in [2.05, 4.69) is 16.2 Å². The van der Waals surface area contributed by atoms with Crippen LogP contribution in [0.2, 0.25) is 0 Å². The van der Waals surface area contributed by atoms with Gasteiger partial charge >= 0.3 is 0 Å². The van der Waals surface area contributed by atoms with Gasteiger partial charge in [0, 0.05) is 23.3 Å². The molecule has 158 valence electrons. The lowest BCUT2D eigenvalue weighted by molar-refractivity contribution is -0.384. The smallest absolute Gasteiger partial charge is 0.270 e. The van der Waals surface area contributed by atoms with Crippen molar-refractivity contribution in [3.63, 3.8) is 0 Å². The fraction of sp³-hybridized carbons (Fsp3) is 0.286. The second kappa shape index (κ2) is 10.1. The van der Waals surface area contributed by atoms with E-state index in [0.717, 1.165) is 11.6 Å². The van der Waals surface area contributed by atoms with E-state index < -0.39 is 22.8 Å². The van der Waals surface area contributed by atoms with Gasteiger partial charge in [-0.3, -0.25) is 35.3 Å². The van der Waals surface area contributed by atoms with Crippen LogP contribution in [0.3, 0.4) is 0 Å². The fourth-order valence-corrected chi connectivity index (χ4v) is 2.80. The highest BCUT2D eigenvalue weighted by molar-refractivity contribution is 5.99. The third-order valence-electron chi connectivity index (χ3n) is 4.34. The summed E-state index contributed by atoms with van der Waals surface area (Å²) < 4.78 is 0. The zero-order valence-corrected chi connectivity index (χ0v) is 17.0. The number of carbonyl (C=O) groups is 3. The van der Waals surface area contributed by atoms with Crippen LogP contribution in [0.15, 0.2) is 48.5 Å². The molecule has 0 aliphatic carbocycles. The molecule has 0 bridgehead atoms.